The Morgan fingerprint density at radius 1 is 1.19 bits per heavy atom. The molecule has 7 nitrogen and oxygen atoms in total. The number of nitrogens with one attached hydrogen (secondary N) is 1. The lowest BCUT2D eigenvalue weighted by atomic mass is 10.1. The standard InChI is InChI=1S/C23H23ClFN3O4/c1-5-32-19-9-7-15(11-20(19)31-4)23(30)26-12-18(29)22-27-21(13(2)28(22)3)14-6-8-17(25)16(24)10-14/h6-11H,5,12H2,1-4H3,(H,26,30). The van der Waals surface area contributed by atoms with Gasteiger partial charge in [-0.15, -0.1) is 0 Å². The van der Waals surface area contributed by atoms with Gasteiger partial charge in [-0.25, -0.2) is 9.37 Å². The molecule has 1 N–H and O–H groups in total. The third kappa shape index (κ3) is 4.75. The second-order valence-electron chi connectivity index (χ2n) is 6.96. The zero-order chi connectivity index (χ0) is 23.4. The number of benzene rings is 2. The molecule has 0 bridgehead atoms. The molecule has 9 heteroatoms. The van der Waals surface area contributed by atoms with Crippen LogP contribution in [0.2, 0.25) is 5.02 Å². The van der Waals surface area contributed by atoms with Gasteiger partial charge in [0.05, 0.1) is 31.0 Å². The van der Waals surface area contributed by atoms with E-state index in [1.54, 1.807) is 42.8 Å². The molecule has 0 radical (unpaired) electrons. The summed E-state index contributed by atoms with van der Waals surface area (Å²) in [4.78, 5) is 29.7. The van der Waals surface area contributed by atoms with Gasteiger partial charge in [-0.05, 0) is 50.2 Å². The van der Waals surface area contributed by atoms with Crippen molar-refractivity contribution in [3.8, 4) is 22.8 Å². The SMILES string of the molecule is CCOc1ccc(C(=O)NCC(=O)c2nc(-c3ccc(F)c(Cl)c3)c(C)n2C)cc1OC. The Hall–Kier alpha value is -3.39. The van der Waals surface area contributed by atoms with Gasteiger partial charge < -0.3 is 19.4 Å². The van der Waals surface area contributed by atoms with E-state index in [2.05, 4.69) is 10.3 Å². The molecule has 0 unspecified atom stereocenters. The first-order valence-corrected chi connectivity index (χ1v) is 10.3. The average Bonchev–Trinajstić information content (AvgIpc) is 3.08. The van der Waals surface area contributed by atoms with E-state index in [1.165, 1.54) is 19.2 Å². The van der Waals surface area contributed by atoms with Crippen LogP contribution in [0.4, 0.5) is 4.39 Å². The number of ketones is 1. The molecular weight excluding hydrogens is 437 g/mol. The Balaban J connectivity index is 1.75. The molecular formula is C23H23ClFN3O4. The van der Waals surface area contributed by atoms with E-state index in [0.29, 0.717) is 40.6 Å². The van der Waals surface area contributed by atoms with Gasteiger partial charge in [0.1, 0.15) is 5.82 Å². The first-order chi connectivity index (χ1) is 15.3. The Morgan fingerprint density at radius 2 is 1.94 bits per heavy atom. The molecule has 0 fully saturated rings. The van der Waals surface area contributed by atoms with Crippen molar-refractivity contribution >= 4 is 23.3 Å². The van der Waals surface area contributed by atoms with Crippen LogP contribution in [0.5, 0.6) is 11.5 Å². The molecule has 3 aromatic rings. The van der Waals surface area contributed by atoms with Gasteiger partial charge in [0.15, 0.2) is 17.3 Å². The Bertz CT molecular complexity index is 1180. The number of rotatable bonds is 8. The largest absolute Gasteiger partial charge is 0.493 e. The second-order valence-corrected chi connectivity index (χ2v) is 7.37. The molecule has 0 saturated carbocycles. The van der Waals surface area contributed by atoms with E-state index in [1.807, 2.05) is 6.92 Å². The number of halogens is 2. The summed E-state index contributed by atoms with van der Waals surface area (Å²) in [7, 11) is 3.18. The van der Waals surface area contributed by atoms with Crippen molar-refractivity contribution in [1.82, 2.24) is 14.9 Å². The lowest BCUT2D eigenvalue weighted by Crippen LogP contribution is -2.30. The maximum absolute atomic E-state index is 13.5. The Morgan fingerprint density at radius 3 is 2.59 bits per heavy atom. The summed E-state index contributed by atoms with van der Waals surface area (Å²) in [6, 6.07) is 9.04. The minimum Gasteiger partial charge on any atom is -0.493 e. The highest BCUT2D eigenvalue weighted by molar-refractivity contribution is 6.31. The monoisotopic (exact) mass is 459 g/mol. The number of hydrogen-bond donors (Lipinski definition) is 1. The number of ether oxygens (including phenoxy) is 2. The van der Waals surface area contributed by atoms with Gasteiger partial charge in [-0.2, -0.15) is 0 Å². The van der Waals surface area contributed by atoms with Gasteiger partial charge in [-0.1, -0.05) is 11.6 Å². The molecule has 0 spiro atoms. The number of methoxy groups -OCH3 is 1. The molecule has 2 aromatic carbocycles. The molecule has 0 saturated heterocycles. The molecule has 0 aliphatic carbocycles. The van der Waals surface area contributed by atoms with E-state index in [-0.39, 0.29) is 23.2 Å². The van der Waals surface area contributed by atoms with Crippen molar-refractivity contribution in [3.63, 3.8) is 0 Å². The molecule has 1 amide bonds. The number of nitrogens with zero attached hydrogens (tertiary/aromatic N) is 2. The van der Waals surface area contributed by atoms with Crippen LogP contribution in [-0.2, 0) is 7.05 Å². The highest BCUT2D eigenvalue weighted by atomic mass is 35.5. The van der Waals surface area contributed by atoms with Gasteiger partial charge in [0.2, 0.25) is 5.78 Å². The maximum Gasteiger partial charge on any atom is 0.251 e. The normalized spacial score (nSPS) is 10.7. The van der Waals surface area contributed by atoms with Crippen molar-refractivity contribution in [3.05, 3.63) is 64.3 Å². The van der Waals surface area contributed by atoms with E-state index < -0.39 is 11.7 Å². The first kappa shape index (κ1) is 23.3. The molecule has 0 atom stereocenters. The second kappa shape index (κ2) is 9.82. The van der Waals surface area contributed by atoms with Crippen LogP contribution in [0.25, 0.3) is 11.3 Å². The fourth-order valence-corrected chi connectivity index (χ4v) is 3.35. The predicted octanol–water partition coefficient (Wildman–Crippen LogP) is 4.21. The first-order valence-electron chi connectivity index (χ1n) is 9.87. The lowest BCUT2D eigenvalue weighted by Gasteiger charge is -2.11. The Kier molecular flexibility index (Phi) is 7.15. The van der Waals surface area contributed by atoms with Crippen molar-refractivity contribution < 1.29 is 23.5 Å². The molecule has 32 heavy (non-hydrogen) atoms. The van der Waals surface area contributed by atoms with Crippen LogP contribution in [0.1, 0.15) is 33.6 Å². The Labute approximate surface area is 190 Å². The van der Waals surface area contributed by atoms with Crippen molar-refractivity contribution in [1.29, 1.82) is 0 Å². The van der Waals surface area contributed by atoms with Gasteiger partial charge >= 0.3 is 0 Å². The molecule has 0 aliphatic heterocycles. The van der Waals surface area contributed by atoms with Crippen LogP contribution in [-0.4, -0.2) is 41.5 Å². The fourth-order valence-electron chi connectivity index (χ4n) is 3.17. The summed E-state index contributed by atoms with van der Waals surface area (Å²) in [5.74, 6) is -0.221. The summed E-state index contributed by atoms with van der Waals surface area (Å²) in [6.45, 7) is 3.86. The lowest BCUT2D eigenvalue weighted by molar-refractivity contribution is 0.0898. The van der Waals surface area contributed by atoms with Crippen LogP contribution < -0.4 is 14.8 Å². The molecule has 168 valence electrons. The summed E-state index contributed by atoms with van der Waals surface area (Å²) in [5, 5.41) is 2.57. The number of carbonyl (C=O) groups is 2. The average molecular weight is 460 g/mol. The summed E-state index contributed by atoms with van der Waals surface area (Å²) < 4.78 is 25.8. The third-order valence-electron chi connectivity index (χ3n) is 4.96. The number of hydrogen-bond acceptors (Lipinski definition) is 5. The maximum atomic E-state index is 13.5. The highest BCUT2D eigenvalue weighted by Gasteiger charge is 2.20. The van der Waals surface area contributed by atoms with Gasteiger partial charge in [0.25, 0.3) is 5.91 Å². The molecule has 0 aliphatic rings. The smallest absolute Gasteiger partial charge is 0.251 e. The van der Waals surface area contributed by atoms with E-state index in [0.717, 1.165) is 0 Å². The number of aromatic nitrogens is 2. The van der Waals surface area contributed by atoms with Crippen LogP contribution in [0.3, 0.4) is 0 Å². The van der Waals surface area contributed by atoms with Crippen molar-refractivity contribution in [2.45, 2.75) is 13.8 Å². The minimum absolute atomic E-state index is 0.0292. The number of carbonyl (C=O) groups excluding carboxylic acids is 2. The van der Waals surface area contributed by atoms with Crippen LogP contribution in [0.15, 0.2) is 36.4 Å². The number of amides is 1. The topological polar surface area (TPSA) is 82.5 Å². The summed E-state index contributed by atoms with van der Waals surface area (Å²) >= 11 is 5.88. The molecule has 1 aromatic heterocycles. The molecule has 3 rings (SSSR count). The zero-order valence-electron chi connectivity index (χ0n) is 18.2. The number of Topliss-reactive ketones (excluding diaryl/α,β-unsaturated/α-hetero) is 1. The van der Waals surface area contributed by atoms with E-state index >= 15 is 0 Å². The van der Waals surface area contributed by atoms with Crippen molar-refractivity contribution in [2.75, 3.05) is 20.3 Å². The van der Waals surface area contributed by atoms with Crippen LogP contribution in [0, 0.1) is 12.7 Å². The third-order valence-corrected chi connectivity index (χ3v) is 5.25. The van der Waals surface area contributed by atoms with E-state index in [9.17, 15) is 14.0 Å². The highest BCUT2D eigenvalue weighted by Crippen LogP contribution is 2.29. The quantitative estimate of drug-likeness (QED) is 0.510. The summed E-state index contributed by atoms with van der Waals surface area (Å²) in [6.07, 6.45) is 0. The zero-order valence-corrected chi connectivity index (χ0v) is 18.9. The van der Waals surface area contributed by atoms with Crippen LogP contribution >= 0.6 is 11.6 Å². The number of imidazole rings is 1. The van der Waals surface area contributed by atoms with Gasteiger partial charge in [0, 0.05) is 23.9 Å². The van der Waals surface area contributed by atoms with Crippen molar-refractivity contribution in [2.24, 2.45) is 7.05 Å². The molecule has 1 heterocycles. The minimum atomic E-state index is -0.533. The predicted molar refractivity (Wildman–Crippen MR) is 119 cm³/mol. The van der Waals surface area contributed by atoms with Gasteiger partial charge in [-0.3, -0.25) is 9.59 Å². The van der Waals surface area contributed by atoms with E-state index in [4.69, 9.17) is 21.1 Å². The fraction of sp³-hybridized carbons (Fsp3) is 0.261. The summed E-state index contributed by atoms with van der Waals surface area (Å²) in [5.41, 5.74) is 2.14.